The van der Waals surface area contributed by atoms with Crippen molar-refractivity contribution >= 4 is 10.9 Å². The largest absolute Gasteiger partial charge is 0.393 e. The van der Waals surface area contributed by atoms with Crippen LogP contribution in [0.3, 0.4) is 0 Å². The van der Waals surface area contributed by atoms with Crippen LogP contribution in [0.15, 0.2) is 41.1 Å². The normalized spacial score (nSPS) is 21.9. The van der Waals surface area contributed by atoms with E-state index in [1.807, 2.05) is 30.3 Å². The summed E-state index contributed by atoms with van der Waals surface area (Å²) in [4.78, 5) is 8.72. The molecule has 20 heavy (non-hydrogen) atoms. The predicted octanol–water partition coefficient (Wildman–Crippen LogP) is 2.52. The number of hydrogen-bond acceptors (Lipinski definition) is 5. The summed E-state index contributed by atoms with van der Waals surface area (Å²) in [6.45, 7) is 0. The van der Waals surface area contributed by atoms with Gasteiger partial charge in [-0.25, -0.2) is 0 Å². The SMILES string of the molecule is OC1CC(c2nc(-c3ccc4ncccc4c3)no2)C1. The zero-order valence-electron chi connectivity index (χ0n) is 10.7. The molecule has 1 saturated carbocycles. The van der Waals surface area contributed by atoms with Gasteiger partial charge >= 0.3 is 0 Å². The number of fused-ring (bicyclic) bond motifs is 1. The maximum absolute atomic E-state index is 9.33. The van der Waals surface area contributed by atoms with E-state index >= 15 is 0 Å². The van der Waals surface area contributed by atoms with E-state index in [9.17, 15) is 5.11 Å². The van der Waals surface area contributed by atoms with E-state index in [4.69, 9.17) is 4.52 Å². The van der Waals surface area contributed by atoms with Crippen LogP contribution < -0.4 is 0 Å². The van der Waals surface area contributed by atoms with Crippen molar-refractivity contribution in [2.75, 3.05) is 0 Å². The Morgan fingerprint density at radius 2 is 2.10 bits per heavy atom. The van der Waals surface area contributed by atoms with Crippen molar-refractivity contribution in [2.24, 2.45) is 0 Å². The fraction of sp³-hybridized carbons (Fsp3) is 0.267. The Bertz CT molecular complexity index is 762. The standard InChI is InChI=1S/C15H13N3O2/c19-12-7-11(8-12)15-17-14(18-20-15)10-3-4-13-9(6-10)2-1-5-16-13/h1-6,11-12,19H,7-8H2. The Balaban J connectivity index is 1.68. The van der Waals surface area contributed by atoms with Gasteiger partial charge in [0.1, 0.15) is 0 Å². The van der Waals surface area contributed by atoms with Gasteiger partial charge in [-0.3, -0.25) is 4.98 Å². The molecule has 2 aromatic heterocycles. The van der Waals surface area contributed by atoms with Crippen LogP contribution in [-0.4, -0.2) is 26.3 Å². The van der Waals surface area contributed by atoms with E-state index in [-0.39, 0.29) is 12.0 Å². The Kier molecular flexibility index (Phi) is 2.53. The molecule has 1 aliphatic carbocycles. The van der Waals surface area contributed by atoms with Gasteiger partial charge < -0.3 is 9.63 Å². The molecule has 1 N–H and O–H groups in total. The number of pyridine rings is 1. The van der Waals surface area contributed by atoms with E-state index in [0.29, 0.717) is 24.6 Å². The van der Waals surface area contributed by atoms with Gasteiger partial charge in [-0.2, -0.15) is 4.98 Å². The molecule has 0 saturated heterocycles. The Morgan fingerprint density at radius 3 is 2.95 bits per heavy atom. The number of aliphatic hydroxyl groups is 1. The van der Waals surface area contributed by atoms with Gasteiger partial charge in [0.15, 0.2) is 0 Å². The van der Waals surface area contributed by atoms with E-state index in [1.54, 1.807) is 6.20 Å². The first-order valence-electron chi connectivity index (χ1n) is 6.66. The van der Waals surface area contributed by atoms with Gasteiger partial charge in [0.25, 0.3) is 0 Å². The third kappa shape index (κ3) is 1.87. The maximum atomic E-state index is 9.33. The number of nitrogens with zero attached hydrogens (tertiary/aromatic N) is 3. The molecule has 100 valence electrons. The molecule has 0 bridgehead atoms. The highest BCUT2D eigenvalue weighted by Crippen LogP contribution is 2.36. The van der Waals surface area contributed by atoms with E-state index in [1.165, 1.54) is 0 Å². The van der Waals surface area contributed by atoms with E-state index < -0.39 is 0 Å². The smallest absolute Gasteiger partial charge is 0.230 e. The predicted molar refractivity (Wildman–Crippen MR) is 73.0 cm³/mol. The van der Waals surface area contributed by atoms with E-state index in [0.717, 1.165) is 16.5 Å². The second-order valence-corrected chi connectivity index (χ2v) is 5.19. The van der Waals surface area contributed by atoms with Crippen LogP contribution in [0.4, 0.5) is 0 Å². The summed E-state index contributed by atoms with van der Waals surface area (Å²) in [6.07, 6.45) is 2.98. The minimum absolute atomic E-state index is 0.202. The molecule has 4 rings (SSSR count). The van der Waals surface area contributed by atoms with Crippen molar-refractivity contribution in [1.29, 1.82) is 0 Å². The van der Waals surface area contributed by atoms with E-state index in [2.05, 4.69) is 15.1 Å². The van der Waals surface area contributed by atoms with Crippen LogP contribution in [0.25, 0.3) is 22.3 Å². The van der Waals surface area contributed by atoms with Gasteiger partial charge in [-0.05, 0) is 37.1 Å². The Hall–Kier alpha value is -2.27. The molecule has 1 aliphatic rings. The Morgan fingerprint density at radius 1 is 1.20 bits per heavy atom. The molecule has 3 aromatic rings. The lowest BCUT2D eigenvalue weighted by molar-refractivity contribution is 0.0625. The third-order valence-corrected chi connectivity index (χ3v) is 3.77. The maximum Gasteiger partial charge on any atom is 0.230 e. The minimum atomic E-state index is -0.220. The molecule has 0 unspecified atom stereocenters. The van der Waals surface area contributed by atoms with Crippen LogP contribution in [0.1, 0.15) is 24.7 Å². The zero-order valence-corrected chi connectivity index (χ0v) is 10.7. The van der Waals surface area contributed by atoms with Gasteiger partial charge in [0.2, 0.25) is 11.7 Å². The number of aliphatic hydroxyl groups excluding tert-OH is 1. The minimum Gasteiger partial charge on any atom is -0.393 e. The summed E-state index contributed by atoms with van der Waals surface area (Å²) >= 11 is 0. The number of aromatic nitrogens is 3. The molecule has 0 aliphatic heterocycles. The zero-order chi connectivity index (χ0) is 13.5. The van der Waals surface area contributed by atoms with Gasteiger partial charge in [-0.1, -0.05) is 11.2 Å². The molecule has 0 amide bonds. The first kappa shape index (κ1) is 11.5. The average Bonchev–Trinajstić information content (AvgIpc) is 2.93. The van der Waals surface area contributed by atoms with Crippen LogP contribution in [0.5, 0.6) is 0 Å². The molecule has 5 nitrogen and oxygen atoms in total. The lowest BCUT2D eigenvalue weighted by Crippen LogP contribution is -2.26. The van der Waals surface area contributed by atoms with Crippen molar-refractivity contribution in [3.63, 3.8) is 0 Å². The molecule has 0 radical (unpaired) electrons. The highest BCUT2D eigenvalue weighted by Gasteiger charge is 2.33. The third-order valence-electron chi connectivity index (χ3n) is 3.77. The summed E-state index contributed by atoms with van der Waals surface area (Å²) in [5.74, 6) is 1.41. The molecule has 1 aromatic carbocycles. The van der Waals surface area contributed by atoms with Crippen molar-refractivity contribution in [2.45, 2.75) is 24.9 Å². The summed E-state index contributed by atoms with van der Waals surface area (Å²) in [6, 6.07) is 9.82. The van der Waals surface area contributed by atoms with Crippen molar-refractivity contribution < 1.29 is 9.63 Å². The van der Waals surface area contributed by atoms with Crippen molar-refractivity contribution in [3.8, 4) is 11.4 Å². The topological polar surface area (TPSA) is 72.0 Å². The lowest BCUT2D eigenvalue weighted by Gasteiger charge is -2.27. The average molecular weight is 267 g/mol. The number of rotatable bonds is 2. The Labute approximate surface area is 115 Å². The summed E-state index contributed by atoms with van der Waals surface area (Å²) in [5.41, 5.74) is 1.86. The first-order valence-corrected chi connectivity index (χ1v) is 6.66. The van der Waals surface area contributed by atoms with Gasteiger partial charge in [0, 0.05) is 23.1 Å². The molecule has 2 heterocycles. The highest BCUT2D eigenvalue weighted by molar-refractivity contribution is 5.82. The first-order chi connectivity index (χ1) is 9.79. The van der Waals surface area contributed by atoms with Gasteiger partial charge in [0.05, 0.1) is 11.6 Å². The fourth-order valence-electron chi connectivity index (χ4n) is 2.52. The second kappa shape index (κ2) is 4.38. The van der Waals surface area contributed by atoms with Crippen LogP contribution in [0, 0.1) is 0 Å². The summed E-state index contributed by atoms with van der Waals surface area (Å²) in [5, 5.41) is 14.4. The number of hydrogen-bond donors (Lipinski definition) is 1. The van der Waals surface area contributed by atoms with Gasteiger partial charge in [-0.15, -0.1) is 0 Å². The summed E-state index contributed by atoms with van der Waals surface area (Å²) < 4.78 is 5.30. The van der Waals surface area contributed by atoms with Crippen molar-refractivity contribution in [3.05, 3.63) is 42.4 Å². The molecular formula is C15H13N3O2. The quantitative estimate of drug-likeness (QED) is 0.772. The highest BCUT2D eigenvalue weighted by atomic mass is 16.5. The molecular weight excluding hydrogens is 254 g/mol. The van der Waals surface area contributed by atoms with Crippen LogP contribution in [0.2, 0.25) is 0 Å². The lowest BCUT2D eigenvalue weighted by atomic mass is 9.82. The molecule has 0 atom stereocenters. The fourth-order valence-corrected chi connectivity index (χ4v) is 2.52. The van der Waals surface area contributed by atoms with Crippen LogP contribution >= 0.6 is 0 Å². The summed E-state index contributed by atoms with van der Waals surface area (Å²) in [7, 11) is 0. The number of benzene rings is 1. The van der Waals surface area contributed by atoms with Crippen LogP contribution in [-0.2, 0) is 0 Å². The molecule has 5 heteroatoms. The monoisotopic (exact) mass is 267 g/mol. The molecule has 0 spiro atoms. The van der Waals surface area contributed by atoms with Crippen molar-refractivity contribution in [1.82, 2.24) is 15.1 Å². The second-order valence-electron chi connectivity index (χ2n) is 5.19. The molecule has 1 fully saturated rings.